The summed E-state index contributed by atoms with van der Waals surface area (Å²) in [5.74, 6) is 0. The first kappa shape index (κ1) is 15.5. The Morgan fingerprint density at radius 2 is 1.83 bits per heavy atom. The van der Waals surface area contributed by atoms with Crippen LogP contribution in [0.1, 0.15) is 5.56 Å². The standard InChI is InChI=1S/C17H15ClN4S/c18-14-4-6-15(7-5-14)21-17(23)19-12-13-2-8-16(9-3-13)22-11-1-10-20-22/h1-11H,12H2,(H2,19,21,23). The first-order chi connectivity index (χ1) is 11.2. The maximum absolute atomic E-state index is 5.86. The molecule has 0 saturated heterocycles. The SMILES string of the molecule is S=C(NCc1ccc(-n2cccn2)cc1)Nc1ccc(Cl)cc1. The van der Waals surface area contributed by atoms with E-state index >= 15 is 0 Å². The van der Waals surface area contributed by atoms with E-state index in [1.165, 1.54) is 0 Å². The van der Waals surface area contributed by atoms with E-state index in [0.29, 0.717) is 16.7 Å². The van der Waals surface area contributed by atoms with Crippen molar-refractivity contribution in [2.45, 2.75) is 6.54 Å². The van der Waals surface area contributed by atoms with Crippen LogP contribution in [-0.2, 0) is 6.54 Å². The van der Waals surface area contributed by atoms with E-state index in [0.717, 1.165) is 16.9 Å². The number of halogens is 1. The number of benzene rings is 2. The molecule has 0 aliphatic carbocycles. The van der Waals surface area contributed by atoms with Crippen LogP contribution in [0, 0.1) is 0 Å². The molecule has 0 radical (unpaired) electrons. The molecule has 6 heteroatoms. The van der Waals surface area contributed by atoms with E-state index in [1.54, 1.807) is 6.20 Å². The van der Waals surface area contributed by atoms with Crippen LogP contribution in [0.25, 0.3) is 5.69 Å². The van der Waals surface area contributed by atoms with Gasteiger partial charge < -0.3 is 10.6 Å². The molecule has 0 atom stereocenters. The van der Waals surface area contributed by atoms with Gasteiger partial charge in [-0.3, -0.25) is 0 Å². The number of hydrogen-bond donors (Lipinski definition) is 2. The third-order valence-corrected chi connectivity index (χ3v) is 3.76. The Morgan fingerprint density at radius 3 is 2.48 bits per heavy atom. The van der Waals surface area contributed by atoms with Crippen molar-refractivity contribution in [1.29, 1.82) is 0 Å². The summed E-state index contributed by atoms with van der Waals surface area (Å²) in [7, 11) is 0. The van der Waals surface area contributed by atoms with Crippen LogP contribution < -0.4 is 10.6 Å². The number of hydrogen-bond acceptors (Lipinski definition) is 2. The Bertz CT molecular complexity index is 767. The van der Waals surface area contributed by atoms with Gasteiger partial charge in [0.1, 0.15) is 0 Å². The van der Waals surface area contributed by atoms with Crippen molar-refractivity contribution in [3.05, 3.63) is 77.6 Å². The van der Waals surface area contributed by atoms with Gasteiger partial charge in [-0.15, -0.1) is 0 Å². The summed E-state index contributed by atoms with van der Waals surface area (Å²) in [5, 5.41) is 11.8. The van der Waals surface area contributed by atoms with E-state index in [2.05, 4.69) is 27.9 Å². The second kappa shape index (κ2) is 7.26. The predicted octanol–water partition coefficient (Wildman–Crippen LogP) is 4.01. The first-order valence-corrected chi connectivity index (χ1v) is 7.89. The second-order valence-electron chi connectivity index (χ2n) is 4.93. The van der Waals surface area contributed by atoms with Gasteiger partial charge in [-0.05, 0) is 60.2 Å². The van der Waals surface area contributed by atoms with E-state index in [4.69, 9.17) is 23.8 Å². The molecular weight excluding hydrogens is 328 g/mol. The lowest BCUT2D eigenvalue weighted by molar-refractivity contribution is 0.874. The van der Waals surface area contributed by atoms with Crippen molar-refractivity contribution in [2.75, 3.05) is 5.32 Å². The molecule has 4 nitrogen and oxygen atoms in total. The van der Waals surface area contributed by atoms with Gasteiger partial charge in [0.05, 0.1) is 5.69 Å². The highest BCUT2D eigenvalue weighted by Crippen LogP contribution is 2.13. The number of thiocarbonyl (C=S) groups is 1. The third-order valence-electron chi connectivity index (χ3n) is 3.26. The van der Waals surface area contributed by atoms with Gasteiger partial charge in [-0.25, -0.2) is 4.68 Å². The molecular formula is C17H15ClN4S. The molecule has 116 valence electrons. The van der Waals surface area contributed by atoms with E-state index in [-0.39, 0.29) is 0 Å². The molecule has 3 rings (SSSR count). The molecule has 0 aliphatic rings. The topological polar surface area (TPSA) is 41.9 Å². The van der Waals surface area contributed by atoms with Crippen LogP contribution >= 0.6 is 23.8 Å². The van der Waals surface area contributed by atoms with Crippen molar-refractivity contribution < 1.29 is 0 Å². The summed E-state index contributed by atoms with van der Waals surface area (Å²) in [5.41, 5.74) is 3.07. The van der Waals surface area contributed by atoms with Crippen LogP contribution in [-0.4, -0.2) is 14.9 Å². The molecule has 1 aromatic heterocycles. The number of aromatic nitrogens is 2. The van der Waals surface area contributed by atoms with Gasteiger partial charge in [0, 0.05) is 29.6 Å². The Kier molecular flexibility index (Phi) is 4.90. The zero-order chi connectivity index (χ0) is 16.1. The number of rotatable bonds is 4. The molecule has 0 fully saturated rings. The lowest BCUT2D eigenvalue weighted by Crippen LogP contribution is -2.27. The molecule has 0 saturated carbocycles. The van der Waals surface area contributed by atoms with Crippen LogP contribution in [0.3, 0.4) is 0 Å². The highest BCUT2D eigenvalue weighted by Gasteiger charge is 2.00. The monoisotopic (exact) mass is 342 g/mol. The van der Waals surface area contributed by atoms with Crippen molar-refractivity contribution in [2.24, 2.45) is 0 Å². The third kappa shape index (κ3) is 4.31. The molecule has 0 spiro atoms. The fourth-order valence-electron chi connectivity index (χ4n) is 2.08. The molecule has 2 N–H and O–H groups in total. The smallest absolute Gasteiger partial charge is 0.171 e. The fraction of sp³-hybridized carbons (Fsp3) is 0.0588. The van der Waals surface area contributed by atoms with Gasteiger partial charge in [-0.2, -0.15) is 5.10 Å². The quantitative estimate of drug-likeness (QED) is 0.703. The predicted molar refractivity (Wildman–Crippen MR) is 98.1 cm³/mol. The molecule has 3 aromatic rings. The van der Waals surface area contributed by atoms with E-state index in [9.17, 15) is 0 Å². The molecule has 23 heavy (non-hydrogen) atoms. The van der Waals surface area contributed by atoms with Gasteiger partial charge >= 0.3 is 0 Å². The van der Waals surface area contributed by atoms with Gasteiger partial charge in [0.2, 0.25) is 0 Å². The normalized spacial score (nSPS) is 10.3. The first-order valence-electron chi connectivity index (χ1n) is 7.10. The van der Waals surface area contributed by atoms with Crippen LogP contribution in [0.2, 0.25) is 5.02 Å². The summed E-state index contributed by atoms with van der Waals surface area (Å²) in [6.07, 6.45) is 3.68. The summed E-state index contributed by atoms with van der Waals surface area (Å²) >= 11 is 11.1. The largest absolute Gasteiger partial charge is 0.358 e. The van der Waals surface area contributed by atoms with Crippen molar-refractivity contribution in [3.8, 4) is 5.69 Å². The maximum Gasteiger partial charge on any atom is 0.171 e. The fourth-order valence-corrected chi connectivity index (χ4v) is 2.39. The van der Waals surface area contributed by atoms with E-state index in [1.807, 2.05) is 53.3 Å². The van der Waals surface area contributed by atoms with Crippen molar-refractivity contribution in [1.82, 2.24) is 15.1 Å². The number of anilines is 1. The minimum absolute atomic E-state index is 0.573. The molecule has 1 heterocycles. The molecule has 2 aromatic carbocycles. The highest BCUT2D eigenvalue weighted by atomic mass is 35.5. The van der Waals surface area contributed by atoms with Gasteiger partial charge in [0.15, 0.2) is 5.11 Å². The number of nitrogens with zero attached hydrogens (tertiary/aromatic N) is 2. The zero-order valence-corrected chi connectivity index (χ0v) is 13.8. The van der Waals surface area contributed by atoms with Crippen LogP contribution in [0.5, 0.6) is 0 Å². The average molecular weight is 343 g/mol. The second-order valence-corrected chi connectivity index (χ2v) is 5.78. The zero-order valence-electron chi connectivity index (χ0n) is 12.2. The molecule has 0 aliphatic heterocycles. The Morgan fingerprint density at radius 1 is 1.09 bits per heavy atom. The summed E-state index contributed by atoms with van der Waals surface area (Å²) in [6, 6.07) is 17.5. The van der Waals surface area contributed by atoms with Crippen LogP contribution in [0.15, 0.2) is 67.0 Å². The lowest BCUT2D eigenvalue weighted by Gasteiger charge is -2.11. The summed E-state index contributed by atoms with van der Waals surface area (Å²) in [4.78, 5) is 0. The average Bonchev–Trinajstić information content (AvgIpc) is 3.10. The van der Waals surface area contributed by atoms with Crippen LogP contribution in [0.4, 0.5) is 5.69 Å². The molecule has 0 unspecified atom stereocenters. The summed E-state index contributed by atoms with van der Waals surface area (Å²) in [6.45, 7) is 0.652. The highest BCUT2D eigenvalue weighted by molar-refractivity contribution is 7.80. The Hall–Kier alpha value is -2.37. The molecule has 0 bridgehead atoms. The summed E-state index contributed by atoms with van der Waals surface area (Å²) < 4.78 is 1.82. The van der Waals surface area contributed by atoms with Crippen molar-refractivity contribution >= 4 is 34.6 Å². The van der Waals surface area contributed by atoms with Crippen molar-refractivity contribution in [3.63, 3.8) is 0 Å². The minimum atomic E-state index is 0.573. The minimum Gasteiger partial charge on any atom is -0.358 e. The van der Waals surface area contributed by atoms with E-state index < -0.39 is 0 Å². The lowest BCUT2D eigenvalue weighted by atomic mass is 10.2. The maximum atomic E-state index is 5.86. The number of nitrogens with one attached hydrogen (secondary N) is 2. The molecule has 0 amide bonds. The Balaban J connectivity index is 1.53. The Labute approximate surface area is 145 Å². The van der Waals surface area contributed by atoms with Gasteiger partial charge in [0.25, 0.3) is 0 Å². The van der Waals surface area contributed by atoms with Gasteiger partial charge in [-0.1, -0.05) is 23.7 Å².